The predicted molar refractivity (Wildman–Crippen MR) is 104 cm³/mol. The summed E-state index contributed by atoms with van der Waals surface area (Å²) in [6.45, 7) is 9.20. The van der Waals surface area contributed by atoms with Crippen molar-refractivity contribution in [2.75, 3.05) is 6.54 Å². The van der Waals surface area contributed by atoms with Gasteiger partial charge in [0, 0.05) is 23.0 Å². The van der Waals surface area contributed by atoms with Crippen molar-refractivity contribution in [2.24, 2.45) is 0 Å². The molecule has 2 unspecified atom stereocenters. The van der Waals surface area contributed by atoms with Gasteiger partial charge in [-0.2, -0.15) is 0 Å². The molecule has 1 aliphatic carbocycles. The van der Waals surface area contributed by atoms with Crippen LogP contribution < -0.4 is 4.72 Å². The molecule has 0 radical (unpaired) electrons. The van der Waals surface area contributed by atoms with Gasteiger partial charge in [-0.15, -0.1) is 0 Å². The summed E-state index contributed by atoms with van der Waals surface area (Å²) in [4.78, 5) is 1.31. The first-order valence-electron chi connectivity index (χ1n) is 8.99. The van der Waals surface area contributed by atoms with Gasteiger partial charge >= 0.3 is 0 Å². The Hall–Kier alpha value is -0.360. The molecule has 134 valence electrons. The highest BCUT2D eigenvalue weighted by Gasteiger charge is 2.47. The van der Waals surface area contributed by atoms with Crippen LogP contribution in [0.2, 0.25) is 0 Å². The topological polar surface area (TPSA) is 32.3 Å². The minimum Gasteiger partial charge on any atom is -0.242 e. The highest BCUT2D eigenvalue weighted by atomic mass is 32.2. The van der Waals surface area contributed by atoms with Gasteiger partial charge in [0.15, 0.2) is 0 Å². The summed E-state index contributed by atoms with van der Waals surface area (Å²) in [7, 11) is -0.994. The molecular weight excluding hydrogens is 336 g/mol. The molecule has 1 saturated carbocycles. The average Bonchev–Trinajstić information content (AvgIpc) is 2.47. The highest BCUT2D eigenvalue weighted by Crippen LogP contribution is 2.48. The number of nitrogens with zero attached hydrogens (tertiary/aromatic N) is 1. The number of benzene rings is 1. The Labute approximate surface area is 153 Å². The summed E-state index contributed by atoms with van der Waals surface area (Å²) in [6, 6.07) is 9.12. The monoisotopic (exact) mass is 366 g/mol. The van der Waals surface area contributed by atoms with E-state index in [4.69, 9.17) is 0 Å². The van der Waals surface area contributed by atoms with E-state index in [0.29, 0.717) is 11.6 Å². The Morgan fingerprint density at radius 2 is 1.88 bits per heavy atom. The summed E-state index contributed by atoms with van der Waals surface area (Å²) in [5, 5.41) is 0. The van der Waals surface area contributed by atoms with Gasteiger partial charge in [-0.3, -0.25) is 0 Å². The Bertz CT molecular complexity index is 590. The van der Waals surface area contributed by atoms with Crippen LogP contribution in [0, 0.1) is 6.92 Å². The van der Waals surface area contributed by atoms with E-state index in [0.717, 1.165) is 13.0 Å². The molecule has 1 aromatic carbocycles. The largest absolute Gasteiger partial charge is 0.242 e. The highest BCUT2D eigenvalue weighted by molar-refractivity contribution is 7.97. The first-order valence-corrected chi connectivity index (χ1v) is 10.9. The van der Waals surface area contributed by atoms with Crippen LogP contribution >= 0.6 is 11.9 Å². The second-order valence-corrected chi connectivity index (χ2v) is 11.4. The Morgan fingerprint density at radius 1 is 1.21 bits per heavy atom. The molecule has 1 aliphatic heterocycles. The molecule has 1 aromatic rings. The molecule has 3 rings (SSSR count). The van der Waals surface area contributed by atoms with Crippen LogP contribution in [0.1, 0.15) is 58.4 Å². The Morgan fingerprint density at radius 3 is 2.42 bits per heavy atom. The molecule has 1 saturated heterocycles. The lowest BCUT2D eigenvalue weighted by Gasteiger charge is -2.54. The van der Waals surface area contributed by atoms with Crippen molar-refractivity contribution in [3.63, 3.8) is 0 Å². The number of piperidine rings is 1. The molecule has 24 heavy (non-hydrogen) atoms. The zero-order valence-electron chi connectivity index (χ0n) is 15.3. The van der Waals surface area contributed by atoms with Crippen LogP contribution in [-0.2, 0) is 11.0 Å². The van der Waals surface area contributed by atoms with E-state index in [2.05, 4.69) is 40.2 Å². The van der Waals surface area contributed by atoms with E-state index in [9.17, 15) is 4.21 Å². The smallest absolute Gasteiger partial charge is 0.0973 e. The number of nitrogens with one attached hydrogen (secondary N) is 1. The van der Waals surface area contributed by atoms with Gasteiger partial charge in [-0.1, -0.05) is 17.7 Å². The molecule has 0 amide bonds. The van der Waals surface area contributed by atoms with E-state index in [1.807, 2.05) is 32.7 Å². The second kappa shape index (κ2) is 7.10. The Kier molecular flexibility index (Phi) is 5.45. The maximum Gasteiger partial charge on any atom is 0.0973 e. The first kappa shape index (κ1) is 18.4. The lowest BCUT2D eigenvalue weighted by atomic mass is 9.71. The fraction of sp³-hybridized carbons (Fsp3) is 0.684. The molecular formula is C19H30N2OS2. The van der Waals surface area contributed by atoms with Crippen LogP contribution in [0.15, 0.2) is 29.2 Å². The van der Waals surface area contributed by atoms with Crippen LogP contribution in [0.3, 0.4) is 0 Å². The molecule has 2 fully saturated rings. The zero-order chi connectivity index (χ0) is 17.4. The van der Waals surface area contributed by atoms with Crippen molar-refractivity contribution in [1.29, 1.82) is 0 Å². The second-order valence-electron chi connectivity index (χ2n) is 8.28. The van der Waals surface area contributed by atoms with E-state index < -0.39 is 11.0 Å². The summed E-state index contributed by atoms with van der Waals surface area (Å²) >= 11 is 1.89. The molecule has 5 heteroatoms. The lowest BCUT2D eigenvalue weighted by molar-refractivity contribution is 0.0487. The van der Waals surface area contributed by atoms with Gasteiger partial charge in [0.05, 0.1) is 15.7 Å². The normalized spacial score (nSPS) is 25.4. The van der Waals surface area contributed by atoms with Gasteiger partial charge in [-0.05, 0) is 83.9 Å². The van der Waals surface area contributed by atoms with Gasteiger partial charge in [0.2, 0.25) is 0 Å². The predicted octanol–water partition coefficient (Wildman–Crippen LogP) is 4.44. The third kappa shape index (κ3) is 4.06. The van der Waals surface area contributed by atoms with Crippen molar-refractivity contribution < 1.29 is 4.21 Å². The molecule has 0 aromatic heterocycles. The SMILES string of the molecule is Cc1ccc(SN2CC(NS(=O)C(C)(C)C)CCC23CCC3)cc1. The molecule has 1 N–H and O–H groups in total. The van der Waals surface area contributed by atoms with Crippen LogP contribution in [0.5, 0.6) is 0 Å². The molecule has 2 aliphatic rings. The number of aryl methyl sites for hydroxylation is 1. The number of hydrogen-bond donors (Lipinski definition) is 1. The third-order valence-electron chi connectivity index (χ3n) is 5.22. The minimum absolute atomic E-state index is 0.208. The molecule has 1 spiro atoms. The summed E-state index contributed by atoms with van der Waals surface area (Å²) in [6.07, 6.45) is 6.30. The van der Waals surface area contributed by atoms with Gasteiger partial charge in [-0.25, -0.2) is 13.2 Å². The minimum atomic E-state index is -0.994. The van der Waals surface area contributed by atoms with E-state index in [1.54, 1.807) is 0 Å². The molecule has 0 bridgehead atoms. The van der Waals surface area contributed by atoms with Gasteiger partial charge < -0.3 is 0 Å². The van der Waals surface area contributed by atoms with Crippen LogP contribution in [0.25, 0.3) is 0 Å². The summed E-state index contributed by atoms with van der Waals surface area (Å²) < 4.78 is 18.2. The molecule has 3 nitrogen and oxygen atoms in total. The maximum absolute atomic E-state index is 12.5. The zero-order valence-corrected chi connectivity index (χ0v) is 16.9. The Balaban J connectivity index is 1.69. The summed E-state index contributed by atoms with van der Waals surface area (Å²) in [5.74, 6) is 0. The fourth-order valence-corrected chi connectivity index (χ4v) is 5.50. The van der Waals surface area contributed by atoms with Crippen LogP contribution in [-0.4, -0.2) is 31.4 Å². The van der Waals surface area contributed by atoms with E-state index >= 15 is 0 Å². The van der Waals surface area contributed by atoms with Gasteiger partial charge in [0.1, 0.15) is 0 Å². The lowest BCUT2D eigenvalue weighted by Crippen LogP contribution is -2.59. The van der Waals surface area contributed by atoms with Crippen molar-refractivity contribution in [2.45, 2.75) is 81.0 Å². The van der Waals surface area contributed by atoms with E-state index in [1.165, 1.54) is 36.1 Å². The summed E-state index contributed by atoms with van der Waals surface area (Å²) in [5.41, 5.74) is 1.67. The fourth-order valence-electron chi connectivity index (χ4n) is 3.42. The number of hydrogen-bond acceptors (Lipinski definition) is 3. The van der Waals surface area contributed by atoms with Crippen molar-refractivity contribution in [1.82, 2.24) is 9.03 Å². The maximum atomic E-state index is 12.5. The average molecular weight is 367 g/mol. The van der Waals surface area contributed by atoms with Crippen molar-refractivity contribution >= 4 is 22.9 Å². The number of rotatable bonds is 4. The van der Waals surface area contributed by atoms with Crippen molar-refractivity contribution in [3.05, 3.63) is 29.8 Å². The quantitative estimate of drug-likeness (QED) is 0.800. The first-order chi connectivity index (χ1) is 11.3. The van der Waals surface area contributed by atoms with Gasteiger partial charge in [0.25, 0.3) is 0 Å². The molecule has 2 atom stereocenters. The van der Waals surface area contributed by atoms with Crippen LogP contribution in [0.4, 0.5) is 0 Å². The third-order valence-corrected chi connectivity index (χ3v) is 8.12. The standard InChI is InChI=1S/C19H30N2OS2/c1-15-6-8-17(9-7-15)23-21-14-16(20-24(22)18(2,3)4)10-13-19(21)11-5-12-19/h6-9,16,20H,5,10-14H2,1-4H3. The van der Waals surface area contributed by atoms with E-state index in [-0.39, 0.29) is 4.75 Å². The van der Waals surface area contributed by atoms with Crippen molar-refractivity contribution in [3.8, 4) is 0 Å². The molecule has 1 heterocycles.